The number of amides is 1. The van der Waals surface area contributed by atoms with Crippen LogP contribution in [0.1, 0.15) is 36.2 Å². The van der Waals surface area contributed by atoms with Gasteiger partial charge in [-0.3, -0.25) is 9.69 Å². The molecule has 6 heteroatoms. The van der Waals surface area contributed by atoms with Gasteiger partial charge in [-0.2, -0.15) is 0 Å². The van der Waals surface area contributed by atoms with Crippen molar-refractivity contribution in [1.82, 2.24) is 20.0 Å². The topological polar surface area (TPSA) is 49.3 Å². The first kappa shape index (κ1) is 13.8. The lowest BCUT2D eigenvalue weighted by molar-refractivity contribution is 0.0567. The molecule has 1 amide bonds. The van der Waals surface area contributed by atoms with Crippen LogP contribution in [-0.4, -0.2) is 58.1 Å². The molecule has 2 aliphatic rings. The van der Waals surface area contributed by atoms with Crippen LogP contribution < -0.4 is 0 Å². The van der Waals surface area contributed by atoms with Crippen LogP contribution in [0.25, 0.3) is 0 Å². The monoisotopic (exact) mass is 294 g/mol. The molecule has 108 valence electrons. The predicted octanol–water partition coefficient (Wildman–Crippen LogP) is 1.83. The van der Waals surface area contributed by atoms with Crippen LogP contribution in [0.3, 0.4) is 0 Å². The van der Waals surface area contributed by atoms with Gasteiger partial charge in [-0.25, -0.2) is 0 Å². The number of carbonyl (C=O) groups excluding carboxylic acids is 1. The number of halogens is 1. The Morgan fingerprint density at radius 1 is 1.10 bits per heavy atom. The molecule has 1 aliphatic carbocycles. The van der Waals surface area contributed by atoms with Crippen molar-refractivity contribution >= 4 is 17.5 Å². The molecule has 2 heterocycles. The maximum Gasteiger partial charge on any atom is 0.274 e. The molecule has 0 N–H and O–H groups in total. The van der Waals surface area contributed by atoms with E-state index in [-0.39, 0.29) is 5.91 Å². The Morgan fingerprint density at radius 2 is 1.80 bits per heavy atom. The van der Waals surface area contributed by atoms with Crippen molar-refractivity contribution in [2.45, 2.75) is 31.7 Å². The predicted molar refractivity (Wildman–Crippen MR) is 76.8 cm³/mol. The normalized spacial score (nSPS) is 21.4. The first-order valence-electron chi connectivity index (χ1n) is 7.26. The van der Waals surface area contributed by atoms with Gasteiger partial charge in [0.05, 0.1) is 0 Å². The number of nitrogens with zero attached hydrogens (tertiary/aromatic N) is 4. The largest absolute Gasteiger partial charge is 0.335 e. The highest BCUT2D eigenvalue weighted by molar-refractivity contribution is 6.29. The number of hydrogen-bond acceptors (Lipinski definition) is 4. The van der Waals surface area contributed by atoms with E-state index in [0.29, 0.717) is 10.8 Å². The summed E-state index contributed by atoms with van der Waals surface area (Å²) in [7, 11) is 0. The van der Waals surface area contributed by atoms with Crippen molar-refractivity contribution in [3.8, 4) is 0 Å². The van der Waals surface area contributed by atoms with Gasteiger partial charge < -0.3 is 4.90 Å². The third kappa shape index (κ3) is 2.94. The summed E-state index contributed by atoms with van der Waals surface area (Å²) in [5, 5.41) is 7.91. The smallest absolute Gasteiger partial charge is 0.274 e. The van der Waals surface area contributed by atoms with E-state index < -0.39 is 0 Å². The van der Waals surface area contributed by atoms with Crippen LogP contribution in [0.4, 0.5) is 0 Å². The van der Waals surface area contributed by atoms with E-state index in [1.165, 1.54) is 25.7 Å². The lowest BCUT2D eigenvalue weighted by atomic mass is 10.1. The van der Waals surface area contributed by atoms with Crippen molar-refractivity contribution in [2.75, 3.05) is 26.2 Å². The lowest BCUT2D eigenvalue weighted by Gasteiger charge is -2.37. The van der Waals surface area contributed by atoms with Gasteiger partial charge >= 0.3 is 0 Å². The van der Waals surface area contributed by atoms with Gasteiger partial charge in [0.2, 0.25) is 0 Å². The highest BCUT2D eigenvalue weighted by Gasteiger charge is 2.28. The molecule has 0 bridgehead atoms. The van der Waals surface area contributed by atoms with Gasteiger partial charge in [-0.15, -0.1) is 10.2 Å². The zero-order valence-corrected chi connectivity index (χ0v) is 12.2. The third-order valence-electron chi connectivity index (χ3n) is 4.29. The quantitative estimate of drug-likeness (QED) is 0.835. The fourth-order valence-electron chi connectivity index (χ4n) is 3.15. The van der Waals surface area contributed by atoms with E-state index in [0.717, 1.165) is 32.2 Å². The number of hydrogen-bond donors (Lipinski definition) is 0. The van der Waals surface area contributed by atoms with Crippen molar-refractivity contribution < 1.29 is 4.79 Å². The average molecular weight is 295 g/mol. The SMILES string of the molecule is O=C(c1ccc(Cl)nn1)N1CCN(C2CCCC2)CC1. The van der Waals surface area contributed by atoms with E-state index in [1.54, 1.807) is 12.1 Å². The number of carbonyl (C=O) groups is 1. The zero-order valence-electron chi connectivity index (χ0n) is 11.5. The van der Waals surface area contributed by atoms with E-state index >= 15 is 0 Å². The fraction of sp³-hybridized carbons (Fsp3) is 0.643. The van der Waals surface area contributed by atoms with Crippen molar-refractivity contribution in [3.63, 3.8) is 0 Å². The van der Waals surface area contributed by atoms with E-state index in [1.807, 2.05) is 4.90 Å². The van der Waals surface area contributed by atoms with Crippen LogP contribution >= 0.6 is 11.6 Å². The lowest BCUT2D eigenvalue weighted by Crippen LogP contribution is -2.51. The van der Waals surface area contributed by atoms with Gasteiger partial charge in [0.1, 0.15) is 0 Å². The Kier molecular flexibility index (Phi) is 4.17. The highest BCUT2D eigenvalue weighted by Crippen LogP contribution is 2.24. The Balaban J connectivity index is 1.57. The Morgan fingerprint density at radius 3 is 2.40 bits per heavy atom. The second-order valence-electron chi connectivity index (χ2n) is 5.51. The number of piperazine rings is 1. The molecule has 1 aromatic heterocycles. The minimum atomic E-state index is -0.0414. The maximum absolute atomic E-state index is 12.3. The molecule has 5 nitrogen and oxygen atoms in total. The number of rotatable bonds is 2. The molecular formula is C14H19ClN4O. The van der Waals surface area contributed by atoms with Crippen molar-refractivity contribution in [2.24, 2.45) is 0 Å². The van der Waals surface area contributed by atoms with Crippen molar-refractivity contribution in [3.05, 3.63) is 23.0 Å². The summed E-state index contributed by atoms with van der Waals surface area (Å²) < 4.78 is 0. The van der Waals surface area contributed by atoms with E-state index in [9.17, 15) is 4.79 Å². The molecule has 1 saturated heterocycles. The van der Waals surface area contributed by atoms with Gasteiger partial charge in [-0.05, 0) is 25.0 Å². The molecular weight excluding hydrogens is 276 g/mol. The summed E-state index contributed by atoms with van der Waals surface area (Å²) in [6, 6.07) is 3.99. The van der Waals surface area contributed by atoms with E-state index in [4.69, 9.17) is 11.6 Å². The summed E-state index contributed by atoms with van der Waals surface area (Å²) in [5.74, 6) is -0.0414. The van der Waals surface area contributed by atoms with Crippen LogP contribution in [0.2, 0.25) is 5.15 Å². The molecule has 2 fully saturated rings. The first-order valence-corrected chi connectivity index (χ1v) is 7.64. The molecule has 1 aliphatic heterocycles. The van der Waals surface area contributed by atoms with Crippen LogP contribution in [0, 0.1) is 0 Å². The summed E-state index contributed by atoms with van der Waals surface area (Å²) in [5.41, 5.74) is 0.378. The van der Waals surface area contributed by atoms with Crippen LogP contribution in [0.5, 0.6) is 0 Å². The molecule has 0 atom stereocenters. The number of aromatic nitrogens is 2. The third-order valence-corrected chi connectivity index (χ3v) is 4.50. The highest BCUT2D eigenvalue weighted by atomic mass is 35.5. The molecule has 1 aromatic rings. The maximum atomic E-state index is 12.3. The summed E-state index contributed by atoms with van der Waals surface area (Å²) in [4.78, 5) is 16.7. The van der Waals surface area contributed by atoms with Crippen molar-refractivity contribution in [1.29, 1.82) is 0 Å². The molecule has 3 rings (SSSR count). The fourth-order valence-corrected chi connectivity index (χ4v) is 3.25. The van der Waals surface area contributed by atoms with Gasteiger partial charge in [0.15, 0.2) is 10.8 Å². The molecule has 0 unspecified atom stereocenters. The van der Waals surface area contributed by atoms with Crippen LogP contribution in [-0.2, 0) is 0 Å². The first-order chi connectivity index (χ1) is 9.74. The summed E-state index contributed by atoms with van der Waals surface area (Å²) >= 11 is 5.69. The Labute approximate surface area is 123 Å². The van der Waals surface area contributed by atoms with Gasteiger partial charge in [-0.1, -0.05) is 24.4 Å². The minimum Gasteiger partial charge on any atom is -0.335 e. The van der Waals surface area contributed by atoms with Gasteiger partial charge in [0, 0.05) is 32.2 Å². The molecule has 1 saturated carbocycles. The van der Waals surface area contributed by atoms with E-state index in [2.05, 4.69) is 15.1 Å². The summed E-state index contributed by atoms with van der Waals surface area (Å²) in [6.07, 6.45) is 5.33. The summed E-state index contributed by atoms with van der Waals surface area (Å²) in [6.45, 7) is 3.49. The van der Waals surface area contributed by atoms with Crippen LogP contribution in [0.15, 0.2) is 12.1 Å². The Bertz CT molecular complexity index is 465. The minimum absolute atomic E-state index is 0.0414. The second kappa shape index (κ2) is 6.06. The second-order valence-corrected chi connectivity index (χ2v) is 5.89. The molecule has 0 radical (unpaired) electrons. The average Bonchev–Trinajstić information content (AvgIpc) is 3.02. The molecule has 0 aromatic carbocycles. The molecule has 20 heavy (non-hydrogen) atoms. The zero-order chi connectivity index (χ0) is 13.9. The van der Waals surface area contributed by atoms with Gasteiger partial charge in [0.25, 0.3) is 5.91 Å². The Hall–Kier alpha value is -1.20. The standard InChI is InChI=1S/C14H19ClN4O/c15-13-6-5-12(16-17-13)14(20)19-9-7-18(8-10-19)11-3-1-2-4-11/h5-6,11H,1-4,7-10H2. The molecule has 0 spiro atoms.